The van der Waals surface area contributed by atoms with Gasteiger partial charge in [-0.3, -0.25) is 14.5 Å². The van der Waals surface area contributed by atoms with E-state index in [2.05, 4.69) is 0 Å². The molecule has 2 aromatic rings. The molecule has 29 heavy (non-hydrogen) atoms. The van der Waals surface area contributed by atoms with Crippen LogP contribution in [0.1, 0.15) is 23.2 Å². The Labute approximate surface area is 168 Å². The number of carbonyl (C=O) groups excluding carboxylic acids is 3. The van der Waals surface area contributed by atoms with Crippen molar-refractivity contribution in [1.82, 2.24) is 14.7 Å². The first-order valence-electron chi connectivity index (χ1n) is 9.55. The first-order chi connectivity index (χ1) is 13.8. The van der Waals surface area contributed by atoms with E-state index in [0.717, 1.165) is 10.5 Å². The van der Waals surface area contributed by atoms with Crippen molar-refractivity contribution in [1.29, 1.82) is 0 Å². The van der Waals surface area contributed by atoms with E-state index in [4.69, 9.17) is 0 Å². The van der Waals surface area contributed by atoms with E-state index < -0.39 is 5.54 Å². The van der Waals surface area contributed by atoms with Crippen molar-refractivity contribution >= 4 is 17.8 Å². The third kappa shape index (κ3) is 3.06. The molecule has 2 saturated heterocycles. The molecule has 0 unspecified atom stereocenters. The lowest BCUT2D eigenvalue weighted by Crippen LogP contribution is -2.56. The fourth-order valence-corrected chi connectivity index (χ4v) is 4.26. The molecule has 2 aromatic carbocycles. The maximum Gasteiger partial charge on any atom is 0.327 e. The van der Waals surface area contributed by atoms with Crippen molar-refractivity contribution in [3.05, 3.63) is 59.9 Å². The lowest BCUT2D eigenvalue weighted by Gasteiger charge is -2.40. The number of benzene rings is 2. The van der Waals surface area contributed by atoms with Gasteiger partial charge in [0, 0.05) is 32.7 Å². The van der Waals surface area contributed by atoms with Crippen LogP contribution in [0.4, 0.5) is 9.18 Å². The van der Waals surface area contributed by atoms with Crippen LogP contribution in [0.15, 0.2) is 48.5 Å². The summed E-state index contributed by atoms with van der Waals surface area (Å²) >= 11 is 0. The largest absolute Gasteiger partial charge is 0.338 e. The van der Waals surface area contributed by atoms with Crippen LogP contribution in [0, 0.1) is 5.82 Å². The van der Waals surface area contributed by atoms with E-state index >= 15 is 0 Å². The van der Waals surface area contributed by atoms with Crippen molar-refractivity contribution in [2.45, 2.75) is 18.4 Å². The summed E-state index contributed by atoms with van der Waals surface area (Å²) in [5.41, 5.74) is 1.13. The summed E-state index contributed by atoms with van der Waals surface area (Å²) in [4.78, 5) is 42.1. The number of halogens is 1. The lowest BCUT2D eigenvalue weighted by molar-refractivity contribution is -0.134. The zero-order chi connectivity index (χ0) is 20.8. The summed E-state index contributed by atoms with van der Waals surface area (Å²) < 4.78 is 13.5. The Bertz CT molecular complexity index is 998. The molecule has 0 aliphatic carbocycles. The summed E-state index contributed by atoms with van der Waals surface area (Å²) in [6, 6.07) is 13.0. The predicted molar refractivity (Wildman–Crippen MR) is 106 cm³/mol. The number of imide groups is 1. The van der Waals surface area contributed by atoms with Gasteiger partial charge >= 0.3 is 6.03 Å². The number of hydrogen-bond acceptors (Lipinski definition) is 3. The number of likely N-dealkylation sites (N-methyl/N-ethyl adjacent to an activating group) is 2. The normalized spacial score (nSPS) is 18.7. The molecule has 1 spiro atoms. The molecular formula is C22H22FN3O3. The predicted octanol–water partition coefficient (Wildman–Crippen LogP) is 2.99. The fourth-order valence-electron chi connectivity index (χ4n) is 4.26. The molecule has 6 nitrogen and oxygen atoms in total. The average Bonchev–Trinajstić information content (AvgIpc) is 2.90. The minimum absolute atomic E-state index is 0.133. The van der Waals surface area contributed by atoms with Gasteiger partial charge in [-0.2, -0.15) is 0 Å². The van der Waals surface area contributed by atoms with Crippen LogP contribution in [-0.4, -0.2) is 65.3 Å². The molecule has 2 aliphatic rings. The van der Waals surface area contributed by atoms with Crippen molar-refractivity contribution in [3.63, 3.8) is 0 Å². The molecule has 0 bridgehead atoms. The topological polar surface area (TPSA) is 60.9 Å². The third-order valence-electron chi connectivity index (χ3n) is 6.06. The van der Waals surface area contributed by atoms with E-state index in [9.17, 15) is 18.8 Å². The second-order valence-electron chi connectivity index (χ2n) is 7.62. The third-order valence-corrected chi connectivity index (χ3v) is 6.06. The molecule has 7 heteroatoms. The van der Waals surface area contributed by atoms with Gasteiger partial charge in [0.1, 0.15) is 11.4 Å². The van der Waals surface area contributed by atoms with Crippen molar-refractivity contribution in [2.75, 3.05) is 27.2 Å². The summed E-state index contributed by atoms with van der Waals surface area (Å²) in [5, 5.41) is 0. The molecule has 150 valence electrons. The van der Waals surface area contributed by atoms with Gasteiger partial charge in [-0.05, 0) is 48.2 Å². The molecule has 0 aromatic heterocycles. The molecule has 2 aliphatic heterocycles. The Morgan fingerprint density at radius 3 is 2.17 bits per heavy atom. The standard InChI is InChI=1S/C22H22FN3O3/c1-24-20(28)22(25(2)21(24)29)9-11-26(12-10-22)19(27)17-7-3-5-15(13-17)16-6-4-8-18(23)14-16/h3-8,13-14H,9-12H2,1-2H3. The molecule has 4 amide bonds. The highest BCUT2D eigenvalue weighted by Gasteiger charge is 2.55. The van der Waals surface area contributed by atoms with Gasteiger partial charge in [0.05, 0.1) is 0 Å². The highest BCUT2D eigenvalue weighted by Crippen LogP contribution is 2.36. The van der Waals surface area contributed by atoms with Crippen LogP contribution >= 0.6 is 0 Å². The zero-order valence-electron chi connectivity index (χ0n) is 16.4. The Hall–Kier alpha value is -3.22. The number of hydrogen-bond donors (Lipinski definition) is 0. The minimum Gasteiger partial charge on any atom is -0.338 e. The molecule has 4 rings (SSSR count). The summed E-state index contributed by atoms with van der Waals surface area (Å²) in [5.74, 6) is -0.665. The van der Waals surface area contributed by atoms with E-state index in [1.807, 2.05) is 6.07 Å². The fraction of sp³-hybridized carbons (Fsp3) is 0.318. The molecule has 0 atom stereocenters. The smallest absolute Gasteiger partial charge is 0.327 e. The summed E-state index contributed by atoms with van der Waals surface area (Å²) in [7, 11) is 3.13. The first-order valence-corrected chi connectivity index (χ1v) is 9.55. The van der Waals surface area contributed by atoms with E-state index in [0.29, 0.717) is 37.1 Å². The SMILES string of the molecule is CN1C(=O)N(C)C2(CCN(C(=O)c3cccc(-c4cccc(F)c4)c3)CC2)C1=O. The van der Waals surface area contributed by atoms with E-state index in [-0.39, 0.29) is 23.7 Å². The number of likely N-dealkylation sites (tertiary alicyclic amines) is 1. The van der Waals surface area contributed by atoms with Gasteiger partial charge in [-0.1, -0.05) is 24.3 Å². The van der Waals surface area contributed by atoms with Crippen LogP contribution in [0.5, 0.6) is 0 Å². The summed E-state index contributed by atoms with van der Waals surface area (Å²) in [6.45, 7) is 0.778. The number of piperidine rings is 1. The Kier molecular flexibility index (Phi) is 4.61. The minimum atomic E-state index is -0.855. The Balaban J connectivity index is 1.52. The van der Waals surface area contributed by atoms with E-state index in [1.54, 1.807) is 42.3 Å². The van der Waals surface area contributed by atoms with Crippen molar-refractivity contribution in [3.8, 4) is 11.1 Å². The van der Waals surface area contributed by atoms with Gasteiger partial charge in [-0.15, -0.1) is 0 Å². The van der Waals surface area contributed by atoms with Gasteiger partial charge in [0.25, 0.3) is 11.8 Å². The highest BCUT2D eigenvalue weighted by atomic mass is 19.1. The van der Waals surface area contributed by atoms with Crippen molar-refractivity contribution in [2.24, 2.45) is 0 Å². The number of nitrogens with zero attached hydrogens (tertiary/aromatic N) is 3. The van der Waals surface area contributed by atoms with Gasteiger partial charge in [0.15, 0.2) is 0 Å². The quantitative estimate of drug-likeness (QED) is 0.735. The maximum absolute atomic E-state index is 13.5. The van der Waals surface area contributed by atoms with Crippen LogP contribution in [0.2, 0.25) is 0 Å². The monoisotopic (exact) mass is 395 g/mol. The lowest BCUT2D eigenvalue weighted by atomic mass is 9.86. The van der Waals surface area contributed by atoms with Gasteiger partial charge < -0.3 is 9.80 Å². The molecule has 0 N–H and O–H groups in total. The second kappa shape index (κ2) is 6.99. The molecule has 2 heterocycles. The molecule has 0 saturated carbocycles. The van der Waals surface area contributed by atoms with Gasteiger partial charge in [0.2, 0.25) is 0 Å². The average molecular weight is 395 g/mol. The van der Waals surface area contributed by atoms with E-state index in [1.165, 1.54) is 24.1 Å². The molecular weight excluding hydrogens is 373 g/mol. The Morgan fingerprint density at radius 1 is 0.966 bits per heavy atom. The molecule has 0 radical (unpaired) electrons. The number of amides is 4. The van der Waals surface area contributed by atoms with Crippen LogP contribution < -0.4 is 0 Å². The van der Waals surface area contributed by atoms with Crippen LogP contribution in [-0.2, 0) is 4.79 Å². The van der Waals surface area contributed by atoms with Crippen LogP contribution in [0.3, 0.4) is 0 Å². The maximum atomic E-state index is 13.5. The number of carbonyl (C=O) groups is 3. The molecule has 2 fully saturated rings. The second-order valence-corrected chi connectivity index (χ2v) is 7.62. The summed E-state index contributed by atoms with van der Waals surface area (Å²) in [6.07, 6.45) is 0.821. The highest BCUT2D eigenvalue weighted by molar-refractivity contribution is 6.07. The number of urea groups is 1. The first kappa shape index (κ1) is 19.1. The number of rotatable bonds is 2. The van der Waals surface area contributed by atoms with Crippen LogP contribution in [0.25, 0.3) is 11.1 Å². The van der Waals surface area contributed by atoms with Crippen molar-refractivity contribution < 1.29 is 18.8 Å². The zero-order valence-corrected chi connectivity index (χ0v) is 16.4. The van der Waals surface area contributed by atoms with Gasteiger partial charge in [-0.25, -0.2) is 9.18 Å². The Morgan fingerprint density at radius 2 is 1.59 bits per heavy atom.